The molecule has 5 aliphatic heterocycles. The molecule has 0 radical (unpaired) electrons. The summed E-state index contributed by atoms with van der Waals surface area (Å²) in [6, 6.07) is 17.9. The highest BCUT2D eigenvalue weighted by Gasteiger charge is 2.45. The molecule has 3 atom stereocenters. The summed E-state index contributed by atoms with van der Waals surface area (Å²) >= 11 is 0. The average molecular weight is 605 g/mol. The van der Waals surface area contributed by atoms with E-state index in [-0.39, 0.29) is 0 Å². The molecule has 9 rings (SSSR count). The summed E-state index contributed by atoms with van der Waals surface area (Å²) < 4.78 is 13.4. The van der Waals surface area contributed by atoms with Gasteiger partial charge in [-0.15, -0.1) is 0 Å². The molecule has 10 heteroatoms. The molecule has 232 valence electrons. The van der Waals surface area contributed by atoms with Crippen LogP contribution in [0.25, 0.3) is 16.6 Å². The van der Waals surface area contributed by atoms with E-state index in [1.165, 1.54) is 24.8 Å². The smallest absolute Gasteiger partial charge is 0.138 e. The van der Waals surface area contributed by atoms with Gasteiger partial charge in [-0.2, -0.15) is 10.4 Å². The largest absolute Gasteiger partial charge is 0.497 e. The molecular weight excluding hydrogens is 564 g/mol. The Bertz CT molecular complexity index is 1690. The van der Waals surface area contributed by atoms with Crippen molar-refractivity contribution in [2.24, 2.45) is 5.41 Å². The summed E-state index contributed by atoms with van der Waals surface area (Å²) in [6.45, 7) is 9.10. The maximum atomic E-state index is 9.83. The first kappa shape index (κ1) is 28.3. The van der Waals surface area contributed by atoms with Crippen LogP contribution in [-0.4, -0.2) is 96.0 Å². The van der Waals surface area contributed by atoms with Crippen LogP contribution in [0.15, 0.2) is 61.1 Å². The summed E-state index contributed by atoms with van der Waals surface area (Å²) in [5, 5.41) is 17.8. The number of piperazine rings is 1. The van der Waals surface area contributed by atoms with Crippen LogP contribution < -0.4 is 19.7 Å². The fraction of sp³-hybridized carbons (Fsp3) is 0.457. The van der Waals surface area contributed by atoms with Crippen LogP contribution in [-0.2, 0) is 6.54 Å². The second kappa shape index (κ2) is 11.6. The number of aromatic nitrogens is 3. The molecule has 2 bridgehead atoms. The first-order chi connectivity index (χ1) is 22.1. The molecule has 45 heavy (non-hydrogen) atoms. The van der Waals surface area contributed by atoms with Crippen molar-refractivity contribution >= 4 is 11.3 Å². The van der Waals surface area contributed by atoms with Gasteiger partial charge in [-0.05, 0) is 73.7 Å². The lowest BCUT2D eigenvalue weighted by molar-refractivity contribution is 0.108. The van der Waals surface area contributed by atoms with Crippen molar-refractivity contribution in [3.05, 3.63) is 72.2 Å². The van der Waals surface area contributed by atoms with Gasteiger partial charge in [0.2, 0.25) is 0 Å². The van der Waals surface area contributed by atoms with Crippen LogP contribution in [0.2, 0.25) is 0 Å². The van der Waals surface area contributed by atoms with Crippen LogP contribution in [0, 0.1) is 16.7 Å². The second-order valence-corrected chi connectivity index (χ2v) is 13.3. The Balaban J connectivity index is 0.949. The molecule has 5 fully saturated rings. The highest BCUT2D eigenvalue weighted by molar-refractivity contribution is 5.85. The number of hydrogen-bond acceptors (Lipinski definition) is 9. The summed E-state index contributed by atoms with van der Waals surface area (Å²) in [6.07, 6.45) is 9.20. The van der Waals surface area contributed by atoms with Gasteiger partial charge in [0, 0.05) is 68.7 Å². The Morgan fingerprint density at radius 2 is 1.91 bits per heavy atom. The van der Waals surface area contributed by atoms with Gasteiger partial charge < -0.3 is 19.7 Å². The maximum Gasteiger partial charge on any atom is 0.138 e. The molecule has 5 aliphatic rings. The maximum absolute atomic E-state index is 9.83. The zero-order valence-electron chi connectivity index (χ0n) is 25.9. The molecule has 3 aromatic heterocycles. The predicted molar refractivity (Wildman–Crippen MR) is 173 cm³/mol. The van der Waals surface area contributed by atoms with E-state index in [1.54, 1.807) is 17.8 Å². The number of anilines is 1. The third kappa shape index (κ3) is 5.39. The molecule has 1 spiro atoms. The van der Waals surface area contributed by atoms with E-state index in [0.717, 1.165) is 86.3 Å². The number of methoxy groups -OCH3 is 1. The van der Waals surface area contributed by atoms with Crippen LogP contribution in [0.1, 0.15) is 30.4 Å². The first-order valence-corrected chi connectivity index (χ1v) is 16.2. The van der Waals surface area contributed by atoms with Crippen molar-refractivity contribution in [1.29, 1.82) is 5.26 Å². The van der Waals surface area contributed by atoms with Gasteiger partial charge in [0.25, 0.3) is 0 Å². The van der Waals surface area contributed by atoms with E-state index in [9.17, 15) is 5.26 Å². The number of ether oxygens (including phenoxy) is 2. The van der Waals surface area contributed by atoms with Crippen LogP contribution >= 0.6 is 0 Å². The average Bonchev–Trinajstić information content (AvgIpc) is 3.82. The molecule has 5 saturated heterocycles. The monoisotopic (exact) mass is 604 g/mol. The minimum absolute atomic E-state index is 0.458. The van der Waals surface area contributed by atoms with E-state index in [1.807, 2.05) is 30.6 Å². The van der Waals surface area contributed by atoms with Gasteiger partial charge in [-0.1, -0.05) is 12.1 Å². The topological polar surface area (TPSA) is 94.2 Å². The van der Waals surface area contributed by atoms with Crippen molar-refractivity contribution in [2.75, 3.05) is 64.4 Å². The third-order valence-corrected chi connectivity index (χ3v) is 10.4. The van der Waals surface area contributed by atoms with Gasteiger partial charge >= 0.3 is 0 Å². The molecule has 3 unspecified atom stereocenters. The van der Waals surface area contributed by atoms with Gasteiger partial charge in [-0.3, -0.25) is 9.80 Å². The zero-order valence-corrected chi connectivity index (χ0v) is 25.9. The van der Waals surface area contributed by atoms with E-state index in [0.29, 0.717) is 29.7 Å². The lowest BCUT2D eigenvalue weighted by Gasteiger charge is -2.57. The summed E-state index contributed by atoms with van der Waals surface area (Å²) in [4.78, 5) is 12.5. The SMILES string of the molecule is COc1ccc(CN2CC3CC(C2)N3c2ccc(-c3cc(OCCN4CCC5(CCNC5)C4)cn4ncc(C#N)c34)cn2)cc1. The number of hydrogen-bond donors (Lipinski definition) is 1. The van der Waals surface area contributed by atoms with E-state index in [4.69, 9.17) is 14.5 Å². The lowest BCUT2D eigenvalue weighted by Crippen LogP contribution is -2.69. The van der Waals surface area contributed by atoms with E-state index in [2.05, 4.69) is 55.4 Å². The molecule has 0 saturated carbocycles. The number of likely N-dealkylation sites (tertiary alicyclic amines) is 1. The van der Waals surface area contributed by atoms with Gasteiger partial charge in [0.15, 0.2) is 0 Å². The molecule has 1 N–H and O–H groups in total. The Morgan fingerprint density at radius 1 is 1.04 bits per heavy atom. The number of rotatable bonds is 9. The summed E-state index contributed by atoms with van der Waals surface area (Å²) in [5.74, 6) is 2.66. The highest BCUT2D eigenvalue weighted by atomic mass is 16.5. The highest BCUT2D eigenvalue weighted by Crippen LogP contribution is 2.39. The van der Waals surface area contributed by atoms with Crippen LogP contribution in [0.4, 0.5) is 5.82 Å². The van der Waals surface area contributed by atoms with Crippen molar-refractivity contribution in [2.45, 2.75) is 37.9 Å². The van der Waals surface area contributed by atoms with Gasteiger partial charge in [0.05, 0.1) is 30.6 Å². The molecule has 8 heterocycles. The van der Waals surface area contributed by atoms with Crippen molar-refractivity contribution in [3.63, 3.8) is 0 Å². The molecule has 0 aliphatic carbocycles. The molecular formula is C35H40N8O2. The quantitative estimate of drug-likeness (QED) is 0.306. The van der Waals surface area contributed by atoms with Crippen molar-refractivity contribution < 1.29 is 9.47 Å². The lowest BCUT2D eigenvalue weighted by atomic mass is 9.87. The van der Waals surface area contributed by atoms with E-state index < -0.39 is 0 Å². The van der Waals surface area contributed by atoms with Crippen molar-refractivity contribution in [3.8, 4) is 28.7 Å². The number of pyridine rings is 2. The molecule has 4 aromatic rings. The number of fused-ring (bicyclic) bond motifs is 3. The molecule has 1 aromatic carbocycles. The number of piperidine rings is 1. The Hall–Kier alpha value is -4.17. The minimum atomic E-state index is 0.458. The fourth-order valence-corrected chi connectivity index (χ4v) is 8.02. The van der Waals surface area contributed by atoms with E-state index >= 15 is 0 Å². The Morgan fingerprint density at radius 3 is 2.64 bits per heavy atom. The number of nitriles is 1. The summed E-state index contributed by atoms with van der Waals surface area (Å²) in [7, 11) is 1.70. The molecule has 0 amide bonds. The second-order valence-electron chi connectivity index (χ2n) is 13.3. The standard InChI is InChI=1S/C35H40N8O2/c1-44-30-5-2-25(3-6-30)19-41-20-28-14-29(21-41)43(28)33-7-4-26(17-38-33)32-15-31(22-42-34(32)27(16-36)18-39-42)45-13-12-40-11-9-35(24-40)8-10-37-23-35/h2-7,15,17-18,22,28-29,37H,8-14,19-21,23-24H2,1H3. The number of benzene rings is 1. The van der Waals surface area contributed by atoms with Gasteiger partial charge in [-0.25, -0.2) is 9.50 Å². The Labute approximate surface area is 264 Å². The number of nitrogens with zero attached hydrogens (tertiary/aromatic N) is 7. The fourth-order valence-electron chi connectivity index (χ4n) is 8.02. The zero-order chi connectivity index (χ0) is 30.4. The van der Waals surface area contributed by atoms with Crippen LogP contribution in [0.3, 0.4) is 0 Å². The first-order valence-electron chi connectivity index (χ1n) is 16.2. The normalized spacial score (nSPS) is 24.7. The van der Waals surface area contributed by atoms with Crippen molar-refractivity contribution in [1.82, 2.24) is 29.7 Å². The van der Waals surface area contributed by atoms with Gasteiger partial charge in [0.1, 0.15) is 30.0 Å². The predicted octanol–water partition coefficient (Wildman–Crippen LogP) is 3.80. The summed E-state index contributed by atoms with van der Waals surface area (Å²) in [5.41, 5.74) is 4.96. The Kier molecular flexibility index (Phi) is 7.32. The third-order valence-electron chi connectivity index (χ3n) is 10.4. The van der Waals surface area contributed by atoms with Crippen LogP contribution in [0.5, 0.6) is 11.5 Å². The minimum Gasteiger partial charge on any atom is -0.497 e. The molecule has 10 nitrogen and oxygen atoms in total. The number of nitrogens with one attached hydrogen (secondary N) is 1.